The van der Waals surface area contributed by atoms with Gasteiger partial charge in [0.15, 0.2) is 0 Å². The van der Waals surface area contributed by atoms with Gasteiger partial charge in [-0.25, -0.2) is 4.79 Å². The average Bonchev–Trinajstić information content (AvgIpc) is 1.82. The first kappa shape index (κ1) is 12.3. The molecule has 0 saturated carbocycles. The molecule has 0 aromatic carbocycles. The van der Waals surface area contributed by atoms with Crippen LogP contribution in [0, 0.1) is 0 Å². The van der Waals surface area contributed by atoms with Gasteiger partial charge >= 0.3 is 5.97 Å². The Labute approximate surface area is 70.7 Å². The lowest BCUT2D eigenvalue weighted by Crippen LogP contribution is -1.99. The van der Waals surface area contributed by atoms with Crippen LogP contribution in [0.15, 0.2) is 11.6 Å². The molecule has 0 rings (SSSR count). The van der Waals surface area contributed by atoms with E-state index in [1.165, 1.54) is 0 Å². The second kappa shape index (κ2) is 6.77. The maximum atomic E-state index is 10.1. The van der Waals surface area contributed by atoms with Crippen LogP contribution in [0.3, 0.4) is 0 Å². The minimum absolute atomic E-state index is 0. The molecule has 0 radical (unpaired) electrons. The summed E-state index contributed by atoms with van der Waals surface area (Å²) in [5.41, 5.74) is 5.50. The highest BCUT2D eigenvalue weighted by Gasteiger charge is 1.95. The van der Waals surface area contributed by atoms with E-state index in [1.54, 1.807) is 13.0 Å². The van der Waals surface area contributed by atoms with Crippen molar-refractivity contribution in [2.45, 2.75) is 13.3 Å². The lowest BCUT2D eigenvalue weighted by molar-refractivity contribution is -0.132. The van der Waals surface area contributed by atoms with Gasteiger partial charge in [-0.05, 0) is 19.9 Å². The number of halogens is 1. The van der Waals surface area contributed by atoms with Gasteiger partial charge < -0.3 is 10.8 Å². The van der Waals surface area contributed by atoms with Crippen molar-refractivity contribution in [3.05, 3.63) is 11.6 Å². The van der Waals surface area contributed by atoms with Gasteiger partial charge in [0, 0.05) is 5.57 Å². The van der Waals surface area contributed by atoms with Crippen molar-refractivity contribution in [2.75, 3.05) is 6.54 Å². The third kappa shape index (κ3) is 5.78. The minimum Gasteiger partial charge on any atom is -0.478 e. The van der Waals surface area contributed by atoms with Crippen molar-refractivity contribution in [3.63, 3.8) is 0 Å². The van der Waals surface area contributed by atoms with Crippen LogP contribution < -0.4 is 5.73 Å². The largest absolute Gasteiger partial charge is 0.478 e. The molecule has 0 saturated heterocycles. The van der Waals surface area contributed by atoms with Crippen molar-refractivity contribution in [1.29, 1.82) is 0 Å². The summed E-state index contributed by atoms with van der Waals surface area (Å²) < 4.78 is 0. The van der Waals surface area contributed by atoms with Crippen LogP contribution in [-0.4, -0.2) is 17.6 Å². The van der Waals surface area contributed by atoms with Crippen LogP contribution >= 0.6 is 17.0 Å². The summed E-state index contributed by atoms with van der Waals surface area (Å²) in [5.74, 6) is -0.872. The number of aliphatic carboxylic acids is 1. The highest BCUT2D eigenvalue weighted by Crippen LogP contribution is 1.92. The molecule has 0 aliphatic heterocycles. The van der Waals surface area contributed by atoms with Crippen LogP contribution in [0.4, 0.5) is 0 Å². The molecule has 0 amide bonds. The predicted octanol–water partition coefficient (Wildman–Crippen LogP) is 0.944. The molecule has 0 fully saturated rings. The fourth-order valence-corrected chi connectivity index (χ4v) is 0.387. The maximum Gasteiger partial charge on any atom is 0.330 e. The van der Waals surface area contributed by atoms with E-state index in [0.29, 0.717) is 18.5 Å². The molecule has 0 atom stereocenters. The number of rotatable bonds is 3. The molecule has 0 aromatic rings. The first-order valence-corrected chi connectivity index (χ1v) is 2.78. The molecular formula is C6H12BrNO2. The number of hydrogen-bond acceptors (Lipinski definition) is 2. The molecule has 0 aliphatic carbocycles. The lowest BCUT2D eigenvalue weighted by Gasteiger charge is -1.89. The van der Waals surface area contributed by atoms with E-state index in [9.17, 15) is 4.79 Å². The van der Waals surface area contributed by atoms with Crippen LogP contribution in [0.5, 0.6) is 0 Å². The fourth-order valence-electron chi connectivity index (χ4n) is 0.387. The Bertz CT molecular complexity index is 134. The smallest absolute Gasteiger partial charge is 0.330 e. The highest BCUT2D eigenvalue weighted by molar-refractivity contribution is 8.93. The van der Waals surface area contributed by atoms with Gasteiger partial charge in [0.05, 0.1) is 0 Å². The first-order valence-electron chi connectivity index (χ1n) is 2.78. The summed E-state index contributed by atoms with van der Waals surface area (Å²) in [7, 11) is 0. The molecule has 60 valence electrons. The highest BCUT2D eigenvalue weighted by atomic mass is 79.9. The molecule has 4 heteroatoms. The van der Waals surface area contributed by atoms with E-state index in [-0.39, 0.29) is 17.0 Å². The summed E-state index contributed by atoms with van der Waals surface area (Å²) >= 11 is 0. The van der Waals surface area contributed by atoms with E-state index in [1.807, 2.05) is 0 Å². The van der Waals surface area contributed by atoms with E-state index in [4.69, 9.17) is 10.8 Å². The lowest BCUT2D eigenvalue weighted by atomic mass is 10.2. The Morgan fingerprint density at radius 3 is 2.50 bits per heavy atom. The molecule has 0 spiro atoms. The van der Waals surface area contributed by atoms with Crippen molar-refractivity contribution in [3.8, 4) is 0 Å². The van der Waals surface area contributed by atoms with Crippen LogP contribution in [0.1, 0.15) is 13.3 Å². The third-order valence-corrected chi connectivity index (χ3v) is 0.955. The van der Waals surface area contributed by atoms with Gasteiger partial charge in [0.25, 0.3) is 0 Å². The first-order chi connectivity index (χ1) is 4.18. The van der Waals surface area contributed by atoms with E-state index < -0.39 is 5.97 Å². The second-order valence-electron chi connectivity index (χ2n) is 1.77. The molecule has 3 N–H and O–H groups in total. The maximum absolute atomic E-state index is 10.1. The summed E-state index contributed by atoms with van der Waals surface area (Å²) in [6.07, 6.45) is 2.25. The summed E-state index contributed by atoms with van der Waals surface area (Å²) in [4.78, 5) is 10.1. The molecule has 10 heavy (non-hydrogen) atoms. The molecule has 0 heterocycles. The van der Waals surface area contributed by atoms with Crippen molar-refractivity contribution in [2.24, 2.45) is 5.73 Å². The number of carbonyl (C=O) groups is 1. The van der Waals surface area contributed by atoms with E-state index >= 15 is 0 Å². The molecule has 0 aliphatic rings. The van der Waals surface area contributed by atoms with Crippen LogP contribution in [0.2, 0.25) is 0 Å². The molecule has 0 aromatic heterocycles. The third-order valence-electron chi connectivity index (χ3n) is 0.955. The van der Waals surface area contributed by atoms with Crippen LogP contribution in [0.25, 0.3) is 0 Å². The van der Waals surface area contributed by atoms with Gasteiger partial charge in [-0.1, -0.05) is 6.08 Å². The normalized spacial score (nSPS) is 10.4. The fraction of sp³-hybridized carbons (Fsp3) is 0.500. The quantitative estimate of drug-likeness (QED) is 0.681. The number of carboxylic acids is 1. The zero-order valence-corrected chi connectivity index (χ0v) is 7.55. The van der Waals surface area contributed by atoms with E-state index in [2.05, 4.69) is 0 Å². The van der Waals surface area contributed by atoms with Crippen molar-refractivity contribution in [1.82, 2.24) is 0 Å². The zero-order chi connectivity index (χ0) is 7.28. The summed E-state index contributed by atoms with van der Waals surface area (Å²) in [6.45, 7) is 2.06. The summed E-state index contributed by atoms with van der Waals surface area (Å²) in [6, 6.07) is 0. The van der Waals surface area contributed by atoms with Gasteiger partial charge in [0.2, 0.25) is 0 Å². The molecule has 0 unspecified atom stereocenters. The van der Waals surface area contributed by atoms with Gasteiger partial charge in [-0.3, -0.25) is 0 Å². The Balaban J connectivity index is 0. The predicted molar refractivity (Wildman–Crippen MR) is 45.4 cm³/mol. The standard InChI is InChI=1S/C6H11NO2.BrH/c1-5(6(8)9)3-2-4-7;/h3H,2,4,7H2,1H3,(H,8,9);1H. The number of carboxylic acid groups (broad SMARTS) is 1. The van der Waals surface area contributed by atoms with Gasteiger partial charge in [-0.2, -0.15) is 0 Å². The van der Waals surface area contributed by atoms with E-state index in [0.717, 1.165) is 0 Å². The van der Waals surface area contributed by atoms with Gasteiger partial charge in [-0.15, -0.1) is 17.0 Å². The topological polar surface area (TPSA) is 63.3 Å². The number of hydrogen-bond donors (Lipinski definition) is 2. The zero-order valence-electron chi connectivity index (χ0n) is 5.83. The monoisotopic (exact) mass is 209 g/mol. The SMILES string of the molecule is Br.CC(=CCCN)C(=O)O. The Kier molecular flexibility index (Phi) is 8.35. The van der Waals surface area contributed by atoms with Crippen LogP contribution in [-0.2, 0) is 4.79 Å². The minimum atomic E-state index is -0.872. The summed E-state index contributed by atoms with van der Waals surface area (Å²) in [5, 5.41) is 8.30. The average molecular weight is 210 g/mol. The van der Waals surface area contributed by atoms with Gasteiger partial charge in [0.1, 0.15) is 0 Å². The Hall–Kier alpha value is -0.350. The molecule has 0 bridgehead atoms. The Morgan fingerprint density at radius 1 is 1.70 bits per heavy atom. The number of nitrogens with two attached hydrogens (primary N) is 1. The van der Waals surface area contributed by atoms with Crippen molar-refractivity contribution < 1.29 is 9.90 Å². The molecule has 3 nitrogen and oxygen atoms in total. The van der Waals surface area contributed by atoms with Crippen molar-refractivity contribution >= 4 is 23.0 Å². The second-order valence-corrected chi connectivity index (χ2v) is 1.77. The molecular weight excluding hydrogens is 198 g/mol. The Morgan fingerprint density at radius 2 is 2.20 bits per heavy atom.